The van der Waals surface area contributed by atoms with Crippen LogP contribution in [0.2, 0.25) is 0 Å². The normalized spacial score (nSPS) is 21.4. The number of nitrogens with one attached hydrogen (secondary N) is 1. The average Bonchev–Trinajstić information content (AvgIpc) is 3.46. The molecule has 2 aliphatic heterocycles. The number of nitrogens with zero attached hydrogens (tertiary/aromatic N) is 4. The Hall–Kier alpha value is -2.42. The van der Waals surface area contributed by atoms with Crippen molar-refractivity contribution in [1.29, 1.82) is 0 Å². The number of likely N-dealkylation sites (tertiary alicyclic amines) is 2. The lowest BCUT2D eigenvalue weighted by Gasteiger charge is -2.41. The van der Waals surface area contributed by atoms with E-state index in [9.17, 15) is 19.2 Å². The quantitative estimate of drug-likeness (QED) is 0.236. The van der Waals surface area contributed by atoms with E-state index in [1.807, 2.05) is 47.7 Å². The van der Waals surface area contributed by atoms with Gasteiger partial charge in [0.25, 0.3) is 0 Å². The molecule has 1 N–H and O–H groups in total. The van der Waals surface area contributed by atoms with Crippen molar-refractivity contribution in [2.45, 2.75) is 144 Å². The monoisotopic (exact) mass is 617 g/mol. The van der Waals surface area contributed by atoms with Gasteiger partial charge in [-0.1, -0.05) is 66.9 Å². The maximum atomic E-state index is 14.1. The van der Waals surface area contributed by atoms with Crippen LogP contribution in [-0.2, 0) is 19.2 Å². The van der Waals surface area contributed by atoms with Crippen LogP contribution in [0.1, 0.15) is 114 Å². The molecule has 0 spiro atoms. The van der Waals surface area contributed by atoms with Gasteiger partial charge < -0.3 is 20.0 Å². The Kier molecular flexibility index (Phi) is 14.4. The lowest BCUT2D eigenvalue weighted by molar-refractivity contribution is -0.142. The summed E-state index contributed by atoms with van der Waals surface area (Å²) in [6, 6.07) is -1.51. The molecule has 9 heteroatoms. The minimum Gasteiger partial charge on any atom is -0.344 e. The van der Waals surface area contributed by atoms with E-state index in [2.05, 4.69) is 31.0 Å². The van der Waals surface area contributed by atoms with Crippen molar-refractivity contribution in [3.63, 3.8) is 0 Å². The van der Waals surface area contributed by atoms with Crippen molar-refractivity contribution < 1.29 is 19.2 Å². The van der Waals surface area contributed by atoms with Gasteiger partial charge in [-0.25, -0.2) is 0 Å². The molecule has 2 rings (SSSR count). The highest BCUT2D eigenvalue weighted by molar-refractivity contribution is 5.97. The van der Waals surface area contributed by atoms with Gasteiger partial charge >= 0.3 is 0 Å². The number of carbonyl (C=O) groups excluding carboxylic acids is 4. The molecule has 2 saturated heterocycles. The first-order valence-electron chi connectivity index (χ1n) is 17.1. The minimum absolute atomic E-state index is 0.00483. The van der Waals surface area contributed by atoms with Gasteiger partial charge in [0.15, 0.2) is 0 Å². The minimum atomic E-state index is -0.717. The summed E-state index contributed by atoms with van der Waals surface area (Å²) in [6.45, 7) is 20.3. The van der Waals surface area contributed by atoms with E-state index in [1.54, 1.807) is 28.7 Å². The Labute approximate surface area is 268 Å². The summed E-state index contributed by atoms with van der Waals surface area (Å²) in [7, 11) is 3.59. The van der Waals surface area contributed by atoms with Gasteiger partial charge in [-0.3, -0.25) is 24.1 Å². The van der Waals surface area contributed by atoms with Crippen LogP contribution in [0.25, 0.3) is 0 Å². The Morgan fingerprint density at radius 2 is 1.57 bits per heavy atom. The Morgan fingerprint density at radius 3 is 2.14 bits per heavy atom. The molecule has 0 aromatic heterocycles. The number of likely N-dealkylation sites (N-methyl/N-ethyl adjacent to an activating group) is 2. The molecule has 2 fully saturated rings. The van der Waals surface area contributed by atoms with E-state index in [4.69, 9.17) is 0 Å². The lowest BCUT2D eigenvalue weighted by Crippen LogP contribution is -2.60. The summed E-state index contributed by atoms with van der Waals surface area (Å²) in [5.74, 6) is -0.381. The predicted molar refractivity (Wildman–Crippen MR) is 178 cm³/mol. The van der Waals surface area contributed by atoms with Gasteiger partial charge in [-0.05, 0) is 70.8 Å². The molecule has 2 heterocycles. The van der Waals surface area contributed by atoms with Gasteiger partial charge in [0.1, 0.15) is 12.1 Å². The van der Waals surface area contributed by atoms with Crippen molar-refractivity contribution in [2.24, 2.45) is 11.3 Å². The van der Waals surface area contributed by atoms with Crippen LogP contribution >= 0.6 is 0 Å². The zero-order valence-corrected chi connectivity index (χ0v) is 29.7. The van der Waals surface area contributed by atoms with Crippen LogP contribution < -0.4 is 5.32 Å². The third-order valence-electron chi connectivity index (χ3n) is 9.42. The summed E-state index contributed by atoms with van der Waals surface area (Å²) < 4.78 is 0. The van der Waals surface area contributed by atoms with E-state index < -0.39 is 17.5 Å². The zero-order valence-electron chi connectivity index (χ0n) is 29.7. The first kappa shape index (κ1) is 37.8. The van der Waals surface area contributed by atoms with Crippen molar-refractivity contribution in [1.82, 2.24) is 24.9 Å². The summed E-state index contributed by atoms with van der Waals surface area (Å²) in [6.07, 6.45) is 9.34. The fourth-order valence-corrected chi connectivity index (χ4v) is 6.63. The molecule has 4 atom stereocenters. The predicted octanol–water partition coefficient (Wildman–Crippen LogP) is 4.85. The largest absolute Gasteiger partial charge is 0.344 e. The van der Waals surface area contributed by atoms with Crippen molar-refractivity contribution >= 4 is 23.6 Å². The Balaban J connectivity index is 2.24. The molecule has 9 nitrogen and oxygen atoms in total. The number of piperidine rings is 1. The fourth-order valence-electron chi connectivity index (χ4n) is 6.63. The van der Waals surface area contributed by atoms with Crippen LogP contribution in [0.15, 0.2) is 11.6 Å². The highest BCUT2D eigenvalue weighted by Crippen LogP contribution is 2.27. The van der Waals surface area contributed by atoms with E-state index in [0.717, 1.165) is 51.5 Å². The van der Waals surface area contributed by atoms with Crippen molar-refractivity contribution in [2.75, 3.05) is 33.7 Å². The molecule has 0 unspecified atom stereocenters. The van der Waals surface area contributed by atoms with E-state index in [-0.39, 0.29) is 47.7 Å². The lowest BCUT2D eigenvalue weighted by atomic mass is 9.84. The molecule has 252 valence electrons. The summed E-state index contributed by atoms with van der Waals surface area (Å²) in [5, 5.41) is 3.14. The van der Waals surface area contributed by atoms with Gasteiger partial charge in [0.05, 0.1) is 12.1 Å². The van der Waals surface area contributed by atoms with E-state index in [0.29, 0.717) is 25.1 Å². The molecule has 0 aromatic rings. The third kappa shape index (κ3) is 9.79. The molecule has 0 aliphatic carbocycles. The summed E-state index contributed by atoms with van der Waals surface area (Å²) >= 11 is 0. The zero-order chi connectivity index (χ0) is 33.4. The highest BCUT2D eigenvalue weighted by atomic mass is 16.2. The molecule has 0 bridgehead atoms. The summed E-state index contributed by atoms with van der Waals surface area (Å²) in [5.41, 5.74) is 0.0172. The Bertz CT molecular complexity index is 1020. The molecule has 0 aromatic carbocycles. The molecule has 4 amide bonds. The number of rotatable bonds is 13. The molecule has 44 heavy (non-hydrogen) atoms. The topological polar surface area (TPSA) is 93.3 Å². The number of amides is 4. The maximum absolute atomic E-state index is 14.1. The second-order valence-electron chi connectivity index (χ2n) is 14.8. The van der Waals surface area contributed by atoms with Gasteiger partial charge in [-0.15, -0.1) is 0 Å². The fraction of sp³-hybridized carbons (Fsp3) is 0.829. The Morgan fingerprint density at radius 1 is 0.932 bits per heavy atom. The van der Waals surface area contributed by atoms with Gasteiger partial charge in [-0.2, -0.15) is 0 Å². The van der Waals surface area contributed by atoms with E-state index >= 15 is 0 Å². The van der Waals surface area contributed by atoms with Gasteiger partial charge in [0.2, 0.25) is 23.6 Å². The number of hydrogen-bond acceptors (Lipinski definition) is 5. The third-order valence-corrected chi connectivity index (χ3v) is 9.42. The van der Waals surface area contributed by atoms with Crippen LogP contribution in [0.4, 0.5) is 0 Å². The molecule has 0 radical (unpaired) electrons. The van der Waals surface area contributed by atoms with Crippen molar-refractivity contribution in [3.05, 3.63) is 11.6 Å². The van der Waals surface area contributed by atoms with Crippen LogP contribution in [0, 0.1) is 11.3 Å². The standard InChI is InChI=1S/C35H63N5O4/c1-12-13-15-20-37(10)33(43)28-19-17-22-40(28)32(42)26(6)23-29(24(2)3)38(11)34(44)30(35(7,8)9)36-31(41)27-18-14-16-21-39(27)25(4)5/h23-25,27-30H,12-22H2,1-11H3,(H,36,41)/b26-23+/t27-,28+,29-,30-/m1/s1. The molecular weight excluding hydrogens is 554 g/mol. The number of hydrogen-bond donors (Lipinski definition) is 1. The first-order valence-corrected chi connectivity index (χ1v) is 17.1. The van der Waals surface area contributed by atoms with E-state index in [1.165, 1.54) is 0 Å². The molecule has 2 aliphatic rings. The number of carbonyl (C=O) groups is 4. The second-order valence-corrected chi connectivity index (χ2v) is 14.8. The first-order chi connectivity index (χ1) is 20.5. The van der Waals surface area contributed by atoms with Crippen LogP contribution in [-0.4, -0.2) is 107 Å². The second kappa shape index (κ2) is 16.8. The molecular formula is C35H63N5O4. The van der Waals surface area contributed by atoms with Crippen LogP contribution in [0.3, 0.4) is 0 Å². The smallest absolute Gasteiger partial charge is 0.249 e. The van der Waals surface area contributed by atoms with Crippen molar-refractivity contribution in [3.8, 4) is 0 Å². The number of unbranched alkanes of at least 4 members (excludes halogenated alkanes) is 2. The average molecular weight is 618 g/mol. The van der Waals surface area contributed by atoms with Gasteiger partial charge in [0, 0.05) is 38.8 Å². The molecule has 0 saturated carbocycles. The maximum Gasteiger partial charge on any atom is 0.249 e. The van der Waals surface area contributed by atoms with Crippen LogP contribution in [0.5, 0.6) is 0 Å². The highest BCUT2D eigenvalue weighted by Gasteiger charge is 2.40. The summed E-state index contributed by atoms with van der Waals surface area (Å²) in [4.78, 5) is 62.1. The SMILES string of the molecule is CCCCCN(C)C(=O)[C@@H]1CCCN1C(=O)/C(C)=C/[C@H](C(C)C)N(C)C(=O)[C@@H](NC(=O)[C@H]1CCCCN1C(C)C)C(C)(C)C.